The second kappa shape index (κ2) is 7.51. The highest BCUT2D eigenvalue weighted by Gasteiger charge is 2.46. The molecule has 0 spiro atoms. The lowest BCUT2D eigenvalue weighted by atomic mass is 9.97. The van der Waals surface area contributed by atoms with Gasteiger partial charge < -0.3 is 18.9 Å². The average molecular weight is 302 g/mol. The van der Waals surface area contributed by atoms with Crippen molar-refractivity contribution in [2.75, 3.05) is 20.8 Å². The molecule has 1 rings (SSSR count). The number of carbonyl (C=O) groups is 3. The van der Waals surface area contributed by atoms with E-state index in [0.717, 1.165) is 0 Å². The molecule has 1 saturated heterocycles. The van der Waals surface area contributed by atoms with E-state index >= 15 is 0 Å². The molecule has 21 heavy (non-hydrogen) atoms. The molecule has 7 nitrogen and oxygen atoms in total. The third-order valence-electron chi connectivity index (χ3n) is 3.12. The lowest BCUT2D eigenvalue weighted by Crippen LogP contribution is -2.49. The fourth-order valence-electron chi connectivity index (χ4n) is 2.09. The van der Waals surface area contributed by atoms with Gasteiger partial charge in [-0.15, -0.1) is 0 Å². The monoisotopic (exact) mass is 302 g/mol. The highest BCUT2D eigenvalue weighted by atomic mass is 16.7. The maximum atomic E-state index is 12.0. The van der Waals surface area contributed by atoms with Crippen molar-refractivity contribution in [3.8, 4) is 0 Å². The molecule has 7 heteroatoms. The molecule has 1 unspecified atom stereocenters. The summed E-state index contributed by atoms with van der Waals surface area (Å²) in [5.41, 5.74) is 0. The molecule has 1 fully saturated rings. The zero-order valence-corrected chi connectivity index (χ0v) is 12.8. The van der Waals surface area contributed by atoms with Gasteiger partial charge in [0.05, 0.1) is 12.7 Å². The number of ketones is 1. The second-order valence-corrected chi connectivity index (χ2v) is 5.35. The van der Waals surface area contributed by atoms with Crippen LogP contribution >= 0.6 is 0 Å². The van der Waals surface area contributed by atoms with Crippen LogP contribution in [0.5, 0.6) is 0 Å². The third kappa shape index (κ3) is 5.09. The first-order valence-corrected chi connectivity index (χ1v) is 6.81. The molecule has 0 radical (unpaired) electrons. The average Bonchev–Trinajstić information content (AvgIpc) is 2.35. The Morgan fingerprint density at radius 1 is 1.24 bits per heavy atom. The number of rotatable bonds is 8. The highest BCUT2D eigenvalue weighted by molar-refractivity contribution is 6.15. The van der Waals surface area contributed by atoms with Crippen molar-refractivity contribution >= 4 is 17.7 Å². The second-order valence-electron chi connectivity index (χ2n) is 5.35. The summed E-state index contributed by atoms with van der Waals surface area (Å²) < 4.78 is 20.0. The van der Waals surface area contributed by atoms with Crippen LogP contribution in [-0.2, 0) is 33.3 Å². The number of hydrogen-bond donors (Lipinski definition) is 0. The zero-order chi connectivity index (χ0) is 16.0. The van der Waals surface area contributed by atoms with Gasteiger partial charge in [-0.1, -0.05) is 0 Å². The Kier molecular flexibility index (Phi) is 6.29. The first-order chi connectivity index (χ1) is 9.80. The van der Waals surface area contributed by atoms with Gasteiger partial charge in [0.2, 0.25) is 5.92 Å². The molecule has 1 atom stereocenters. The van der Waals surface area contributed by atoms with Crippen LogP contribution in [0.25, 0.3) is 0 Å². The quantitative estimate of drug-likeness (QED) is 0.485. The smallest absolute Gasteiger partial charge is 0.331 e. The fraction of sp³-hybridized carbons (Fsp3) is 0.786. The molecule has 0 aliphatic carbocycles. The molecule has 0 saturated carbocycles. The lowest BCUT2D eigenvalue weighted by Gasteiger charge is -2.32. The van der Waals surface area contributed by atoms with Gasteiger partial charge in [0, 0.05) is 34.5 Å². The van der Waals surface area contributed by atoms with Gasteiger partial charge in [0.15, 0.2) is 5.78 Å². The molecule has 0 amide bonds. The Morgan fingerprint density at radius 2 is 1.81 bits per heavy atom. The predicted molar refractivity (Wildman–Crippen MR) is 71.3 cm³/mol. The van der Waals surface area contributed by atoms with E-state index in [1.807, 2.05) is 0 Å². The van der Waals surface area contributed by atoms with Crippen LogP contribution in [0, 0.1) is 5.92 Å². The normalized spacial score (nSPS) is 19.8. The maximum Gasteiger partial charge on any atom is 0.331 e. The fourth-order valence-corrected chi connectivity index (χ4v) is 2.09. The standard InChI is InChI=1S/C14H22O7/c1-14(2)20-12(16)11(13(17)21-14)10(15)7-5-6-9(19-4)8-18-3/h9,11H,5-8H2,1-4H3. The van der Waals surface area contributed by atoms with Gasteiger partial charge >= 0.3 is 11.9 Å². The highest BCUT2D eigenvalue weighted by Crippen LogP contribution is 2.24. The number of methoxy groups -OCH3 is 2. The Labute approximate surface area is 123 Å². The Bertz CT molecular complexity index is 382. The van der Waals surface area contributed by atoms with Crippen molar-refractivity contribution in [3.63, 3.8) is 0 Å². The van der Waals surface area contributed by atoms with E-state index in [4.69, 9.17) is 18.9 Å². The molecule has 0 N–H and O–H groups in total. The van der Waals surface area contributed by atoms with Crippen LogP contribution in [0.3, 0.4) is 0 Å². The molecule has 0 aromatic rings. The van der Waals surface area contributed by atoms with Gasteiger partial charge in [-0.05, 0) is 12.8 Å². The summed E-state index contributed by atoms with van der Waals surface area (Å²) in [7, 11) is 3.12. The van der Waals surface area contributed by atoms with E-state index in [1.165, 1.54) is 13.8 Å². The predicted octanol–water partition coefficient (Wildman–Crippen LogP) is 0.839. The Morgan fingerprint density at radius 3 is 2.29 bits per heavy atom. The van der Waals surface area contributed by atoms with Crippen molar-refractivity contribution in [2.24, 2.45) is 5.92 Å². The van der Waals surface area contributed by atoms with Crippen molar-refractivity contribution in [2.45, 2.75) is 45.0 Å². The molecule has 1 heterocycles. The lowest BCUT2D eigenvalue weighted by molar-refractivity contribution is -0.238. The summed E-state index contributed by atoms with van der Waals surface area (Å²) in [5, 5.41) is 0. The van der Waals surface area contributed by atoms with Crippen LogP contribution in [-0.4, -0.2) is 50.4 Å². The van der Waals surface area contributed by atoms with Gasteiger partial charge in [0.25, 0.3) is 5.79 Å². The SMILES string of the molecule is COCC(CCCC(=O)C1C(=O)OC(C)(C)OC1=O)OC. The van der Waals surface area contributed by atoms with E-state index in [-0.39, 0.29) is 12.5 Å². The van der Waals surface area contributed by atoms with Crippen LogP contribution in [0.2, 0.25) is 0 Å². The minimum atomic E-state index is -1.47. The van der Waals surface area contributed by atoms with Crippen LogP contribution in [0.4, 0.5) is 0 Å². The number of hydrogen-bond acceptors (Lipinski definition) is 7. The molecule has 1 aliphatic rings. The van der Waals surface area contributed by atoms with Gasteiger partial charge in [-0.2, -0.15) is 0 Å². The molecule has 0 aromatic carbocycles. The molecule has 120 valence electrons. The number of Topliss-reactive ketones (excluding diaryl/α,β-unsaturated/α-hetero) is 1. The number of esters is 2. The third-order valence-corrected chi connectivity index (χ3v) is 3.12. The summed E-state index contributed by atoms with van der Waals surface area (Å²) in [6.07, 6.45) is 1.05. The first-order valence-electron chi connectivity index (χ1n) is 6.81. The number of cyclic esters (lactones) is 2. The van der Waals surface area contributed by atoms with E-state index in [0.29, 0.717) is 19.4 Å². The van der Waals surface area contributed by atoms with E-state index < -0.39 is 29.4 Å². The van der Waals surface area contributed by atoms with Crippen molar-refractivity contribution in [1.29, 1.82) is 0 Å². The van der Waals surface area contributed by atoms with Crippen molar-refractivity contribution in [3.05, 3.63) is 0 Å². The van der Waals surface area contributed by atoms with Crippen LogP contribution < -0.4 is 0 Å². The molecule has 0 bridgehead atoms. The summed E-state index contributed by atoms with van der Waals surface area (Å²) >= 11 is 0. The zero-order valence-electron chi connectivity index (χ0n) is 12.8. The van der Waals surface area contributed by atoms with Gasteiger partial charge in [-0.25, -0.2) is 0 Å². The minimum Gasteiger partial charge on any atom is -0.422 e. The van der Waals surface area contributed by atoms with Gasteiger partial charge in [-0.3, -0.25) is 14.4 Å². The molecule has 1 aliphatic heterocycles. The summed E-state index contributed by atoms with van der Waals surface area (Å²) in [5.74, 6) is -4.97. The van der Waals surface area contributed by atoms with E-state index in [9.17, 15) is 14.4 Å². The maximum absolute atomic E-state index is 12.0. The van der Waals surface area contributed by atoms with Crippen LogP contribution in [0.1, 0.15) is 33.1 Å². The molecular formula is C14H22O7. The van der Waals surface area contributed by atoms with E-state index in [1.54, 1.807) is 14.2 Å². The summed E-state index contributed by atoms with van der Waals surface area (Å²) in [4.78, 5) is 35.4. The summed E-state index contributed by atoms with van der Waals surface area (Å²) in [6.45, 7) is 3.31. The molecule has 0 aromatic heterocycles. The van der Waals surface area contributed by atoms with Crippen molar-refractivity contribution < 1.29 is 33.3 Å². The number of ether oxygens (including phenoxy) is 4. The number of carbonyl (C=O) groups excluding carboxylic acids is 3. The van der Waals surface area contributed by atoms with Crippen molar-refractivity contribution in [1.82, 2.24) is 0 Å². The largest absolute Gasteiger partial charge is 0.422 e. The Balaban J connectivity index is 2.48. The minimum absolute atomic E-state index is 0.0822. The summed E-state index contributed by atoms with van der Waals surface area (Å²) in [6, 6.07) is 0. The topological polar surface area (TPSA) is 88.1 Å². The van der Waals surface area contributed by atoms with E-state index in [2.05, 4.69) is 0 Å². The Hall–Kier alpha value is -1.47. The first kappa shape index (κ1) is 17.6. The molecular weight excluding hydrogens is 280 g/mol. The van der Waals surface area contributed by atoms with Gasteiger partial charge in [0.1, 0.15) is 0 Å². The van der Waals surface area contributed by atoms with Crippen LogP contribution in [0.15, 0.2) is 0 Å².